The van der Waals surface area contributed by atoms with Crippen molar-refractivity contribution in [2.45, 2.75) is 13.8 Å². The van der Waals surface area contributed by atoms with Gasteiger partial charge >= 0.3 is 0 Å². The summed E-state index contributed by atoms with van der Waals surface area (Å²) in [5.74, 6) is 1.18. The van der Waals surface area contributed by atoms with Crippen molar-refractivity contribution in [1.82, 2.24) is 4.98 Å². The number of aromatic nitrogens is 1. The molecule has 0 saturated heterocycles. The van der Waals surface area contributed by atoms with Gasteiger partial charge in [0.1, 0.15) is 5.75 Å². The highest BCUT2D eigenvalue weighted by molar-refractivity contribution is 5.37. The van der Waals surface area contributed by atoms with Crippen LogP contribution >= 0.6 is 0 Å². The summed E-state index contributed by atoms with van der Waals surface area (Å²) in [4.78, 5) is 4.07. The van der Waals surface area contributed by atoms with E-state index < -0.39 is 0 Å². The van der Waals surface area contributed by atoms with Crippen molar-refractivity contribution in [3.8, 4) is 17.7 Å². The van der Waals surface area contributed by atoms with Crippen molar-refractivity contribution in [3.63, 3.8) is 0 Å². The van der Waals surface area contributed by atoms with E-state index in [4.69, 9.17) is 10.00 Å². The Balaban J connectivity index is 2.28. The first-order valence-electron chi connectivity index (χ1n) is 5.30. The summed E-state index contributed by atoms with van der Waals surface area (Å²) in [7, 11) is 0. The van der Waals surface area contributed by atoms with Gasteiger partial charge in [-0.15, -0.1) is 0 Å². The van der Waals surface area contributed by atoms with E-state index in [1.54, 1.807) is 18.3 Å². The third-order valence-electron chi connectivity index (χ3n) is 2.28. The molecule has 0 radical (unpaired) electrons. The molecule has 2 rings (SSSR count). The molecule has 3 nitrogen and oxygen atoms in total. The standard InChI is InChI=1S/C14H12N2O/c1-10-5-11(2)7-13(6-10)17-14-8-12(9-15)3-4-16-14/h3-8H,1-2H3. The second kappa shape index (κ2) is 4.67. The Kier molecular flexibility index (Phi) is 3.06. The van der Waals surface area contributed by atoms with Gasteiger partial charge in [0.25, 0.3) is 0 Å². The van der Waals surface area contributed by atoms with Gasteiger partial charge in [-0.1, -0.05) is 6.07 Å². The molecule has 1 heterocycles. The summed E-state index contributed by atoms with van der Waals surface area (Å²) in [5, 5.41) is 8.78. The van der Waals surface area contributed by atoms with Gasteiger partial charge in [-0.3, -0.25) is 0 Å². The SMILES string of the molecule is Cc1cc(C)cc(Oc2cc(C#N)ccn2)c1. The molecule has 0 unspecified atom stereocenters. The van der Waals surface area contributed by atoms with E-state index >= 15 is 0 Å². The van der Waals surface area contributed by atoms with Crippen LogP contribution in [0.5, 0.6) is 11.6 Å². The normalized spacial score (nSPS) is 9.71. The minimum atomic E-state index is 0.439. The van der Waals surface area contributed by atoms with E-state index in [0.717, 1.165) is 16.9 Å². The first-order chi connectivity index (χ1) is 8.17. The zero-order valence-electron chi connectivity index (χ0n) is 9.77. The molecule has 0 saturated carbocycles. The molecule has 3 heteroatoms. The van der Waals surface area contributed by atoms with Gasteiger partial charge in [-0.05, 0) is 43.2 Å². The third kappa shape index (κ3) is 2.82. The van der Waals surface area contributed by atoms with Crippen LogP contribution in [0.25, 0.3) is 0 Å². The number of nitrogens with zero attached hydrogens (tertiary/aromatic N) is 2. The lowest BCUT2D eigenvalue weighted by atomic mass is 10.1. The Morgan fingerprint density at radius 1 is 1.12 bits per heavy atom. The van der Waals surface area contributed by atoms with E-state index in [1.807, 2.05) is 26.0 Å². The largest absolute Gasteiger partial charge is 0.439 e. The average molecular weight is 224 g/mol. The zero-order valence-corrected chi connectivity index (χ0v) is 9.77. The number of pyridine rings is 1. The molecule has 0 aliphatic heterocycles. The van der Waals surface area contributed by atoms with E-state index in [1.165, 1.54) is 0 Å². The van der Waals surface area contributed by atoms with Gasteiger partial charge in [0.2, 0.25) is 5.88 Å². The predicted molar refractivity (Wildman–Crippen MR) is 64.9 cm³/mol. The average Bonchev–Trinajstić information content (AvgIpc) is 2.28. The molecule has 17 heavy (non-hydrogen) atoms. The molecule has 0 spiro atoms. The molecular weight excluding hydrogens is 212 g/mol. The van der Waals surface area contributed by atoms with Crippen molar-refractivity contribution >= 4 is 0 Å². The quantitative estimate of drug-likeness (QED) is 0.785. The Labute approximate surface area is 100 Å². The Morgan fingerprint density at radius 2 is 1.82 bits per heavy atom. The third-order valence-corrected chi connectivity index (χ3v) is 2.28. The van der Waals surface area contributed by atoms with Crippen molar-refractivity contribution in [1.29, 1.82) is 5.26 Å². The van der Waals surface area contributed by atoms with Crippen LogP contribution < -0.4 is 4.74 Å². The fourth-order valence-electron chi connectivity index (χ4n) is 1.65. The maximum absolute atomic E-state index is 8.78. The minimum absolute atomic E-state index is 0.439. The topological polar surface area (TPSA) is 45.9 Å². The fourth-order valence-corrected chi connectivity index (χ4v) is 1.65. The van der Waals surface area contributed by atoms with Crippen LogP contribution in [0.4, 0.5) is 0 Å². The number of benzene rings is 1. The molecule has 1 aromatic heterocycles. The van der Waals surface area contributed by atoms with Crippen LogP contribution in [0, 0.1) is 25.2 Å². The Bertz CT molecular complexity index is 565. The molecule has 0 N–H and O–H groups in total. The maximum Gasteiger partial charge on any atom is 0.220 e. The van der Waals surface area contributed by atoms with Crippen LogP contribution in [-0.2, 0) is 0 Å². The molecule has 0 amide bonds. The van der Waals surface area contributed by atoms with Crippen molar-refractivity contribution < 1.29 is 4.74 Å². The number of aryl methyl sites for hydroxylation is 2. The highest BCUT2D eigenvalue weighted by atomic mass is 16.5. The van der Waals surface area contributed by atoms with E-state index in [9.17, 15) is 0 Å². The predicted octanol–water partition coefficient (Wildman–Crippen LogP) is 3.36. The summed E-state index contributed by atoms with van der Waals surface area (Å²) >= 11 is 0. The molecule has 84 valence electrons. The van der Waals surface area contributed by atoms with Gasteiger partial charge in [0.15, 0.2) is 0 Å². The summed E-state index contributed by atoms with van der Waals surface area (Å²) in [6, 6.07) is 11.3. The highest BCUT2D eigenvalue weighted by Crippen LogP contribution is 2.22. The lowest BCUT2D eigenvalue weighted by molar-refractivity contribution is 0.462. The van der Waals surface area contributed by atoms with Crippen molar-refractivity contribution in [2.24, 2.45) is 0 Å². The molecule has 0 aliphatic rings. The number of nitriles is 1. The maximum atomic E-state index is 8.78. The first kappa shape index (κ1) is 11.2. The zero-order chi connectivity index (χ0) is 12.3. The Morgan fingerprint density at radius 3 is 2.47 bits per heavy atom. The monoisotopic (exact) mass is 224 g/mol. The smallest absolute Gasteiger partial charge is 0.220 e. The molecule has 0 aliphatic carbocycles. The highest BCUT2D eigenvalue weighted by Gasteiger charge is 2.01. The molecule has 0 fully saturated rings. The number of hydrogen-bond donors (Lipinski definition) is 0. The molecule has 0 atom stereocenters. The van der Waals surface area contributed by atoms with Crippen molar-refractivity contribution in [3.05, 3.63) is 53.2 Å². The first-order valence-corrected chi connectivity index (χ1v) is 5.30. The number of rotatable bonds is 2. The lowest BCUT2D eigenvalue weighted by Gasteiger charge is -2.06. The summed E-state index contributed by atoms with van der Waals surface area (Å²) in [6.45, 7) is 4.03. The minimum Gasteiger partial charge on any atom is -0.439 e. The lowest BCUT2D eigenvalue weighted by Crippen LogP contribution is -1.90. The van der Waals surface area contributed by atoms with Crippen LogP contribution in [0.15, 0.2) is 36.5 Å². The van der Waals surface area contributed by atoms with Gasteiger partial charge in [-0.2, -0.15) is 5.26 Å². The van der Waals surface area contributed by atoms with E-state index in [0.29, 0.717) is 11.4 Å². The second-order valence-corrected chi connectivity index (χ2v) is 3.92. The van der Waals surface area contributed by atoms with Gasteiger partial charge < -0.3 is 4.74 Å². The summed E-state index contributed by atoms with van der Waals surface area (Å²) in [6.07, 6.45) is 1.57. The number of hydrogen-bond acceptors (Lipinski definition) is 3. The van der Waals surface area contributed by atoms with Gasteiger partial charge in [0, 0.05) is 12.3 Å². The molecule has 1 aromatic carbocycles. The Hall–Kier alpha value is -2.34. The van der Waals surface area contributed by atoms with Gasteiger partial charge in [-0.25, -0.2) is 4.98 Å². The summed E-state index contributed by atoms with van der Waals surface area (Å²) in [5.41, 5.74) is 2.81. The fraction of sp³-hybridized carbons (Fsp3) is 0.143. The second-order valence-electron chi connectivity index (χ2n) is 3.92. The molecule has 0 bridgehead atoms. The molecule has 2 aromatic rings. The molecular formula is C14H12N2O. The van der Waals surface area contributed by atoms with Crippen molar-refractivity contribution in [2.75, 3.05) is 0 Å². The van der Waals surface area contributed by atoms with Crippen LogP contribution in [0.3, 0.4) is 0 Å². The van der Waals surface area contributed by atoms with Gasteiger partial charge in [0.05, 0.1) is 11.6 Å². The van der Waals surface area contributed by atoms with E-state index in [-0.39, 0.29) is 0 Å². The van der Waals surface area contributed by atoms with Crippen LogP contribution in [0.2, 0.25) is 0 Å². The van der Waals surface area contributed by atoms with E-state index in [2.05, 4.69) is 17.1 Å². The summed E-state index contributed by atoms with van der Waals surface area (Å²) < 4.78 is 5.62. The van der Waals surface area contributed by atoms with Crippen LogP contribution in [-0.4, -0.2) is 4.98 Å². The van der Waals surface area contributed by atoms with Crippen LogP contribution in [0.1, 0.15) is 16.7 Å². The number of ether oxygens (including phenoxy) is 1.